The lowest BCUT2D eigenvalue weighted by Crippen LogP contribution is -2.47. The van der Waals surface area contributed by atoms with Crippen LogP contribution in [0, 0.1) is 5.92 Å². The number of ether oxygens (including phenoxy) is 1. The molecule has 2 amide bonds. The van der Waals surface area contributed by atoms with Crippen LogP contribution in [0.25, 0.3) is 0 Å². The molecule has 3 unspecified atom stereocenters. The Labute approximate surface area is 116 Å². The molecule has 0 bridgehead atoms. The summed E-state index contributed by atoms with van der Waals surface area (Å²) in [6.07, 6.45) is 3.30. The molecule has 3 N–H and O–H groups in total. The molecule has 108 valence electrons. The van der Waals surface area contributed by atoms with E-state index in [1.54, 1.807) is 12.4 Å². The number of hydrogen-bond acceptors (Lipinski definition) is 4. The summed E-state index contributed by atoms with van der Waals surface area (Å²) >= 11 is 0. The quantitative estimate of drug-likeness (QED) is 0.747. The second-order valence-corrected chi connectivity index (χ2v) is 4.71. The fraction of sp³-hybridized carbons (Fsp3) is 0.462. The Morgan fingerprint density at radius 3 is 2.75 bits per heavy atom. The van der Waals surface area contributed by atoms with Gasteiger partial charge in [0.1, 0.15) is 5.92 Å². The van der Waals surface area contributed by atoms with E-state index in [0.29, 0.717) is 0 Å². The first-order valence-corrected chi connectivity index (χ1v) is 6.35. The number of carbonyl (C=O) groups is 2. The highest BCUT2D eigenvalue weighted by Crippen LogP contribution is 2.14. The zero-order valence-electron chi connectivity index (χ0n) is 11.1. The Bertz CT molecular complexity index is 480. The molecule has 2 rings (SSSR count). The van der Waals surface area contributed by atoms with Gasteiger partial charge in [0.25, 0.3) is 0 Å². The third kappa shape index (κ3) is 3.45. The number of nitrogens with one attached hydrogen (secondary N) is 2. The number of pyridine rings is 1. The summed E-state index contributed by atoms with van der Waals surface area (Å²) in [6.45, 7) is 2.18. The Hall–Kier alpha value is -2.15. The number of carboxylic acids is 1. The zero-order valence-corrected chi connectivity index (χ0v) is 11.1. The smallest absolute Gasteiger partial charge is 0.315 e. The maximum atomic E-state index is 11.9. The van der Waals surface area contributed by atoms with Gasteiger partial charge in [0, 0.05) is 12.4 Å². The van der Waals surface area contributed by atoms with Crippen molar-refractivity contribution in [2.75, 3.05) is 13.2 Å². The first-order valence-electron chi connectivity index (χ1n) is 6.35. The predicted molar refractivity (Wildman–Crippen MR) is 70.1 cm³/mol. The fourth-order valence-corrected chi connectivity index (χ4v) is 2.08. The highest BCUT2D eigenvalue weighted by atomic mass is 16.5. The van der Waals surface area contributed by atoms with Gasteiger partial charge < -0.3 is 20.5 Å². The summed E-state index contributed by atoms with van der Waals surface area (Å²) in [7, 11) is 0. The standard InChI is InChI=1S/C13H17N3O4/c1-8(9-2-4-14-5-3-9)15-13(19)16-11-7-20-6-10(11)12(17)18/h2-5,8,10-11H,6-7H2,1H3,(H,17,18)(H2,15,16,19). The summed E-state index contributed by atoms with van der Waals surface area (Å²) in [5.74, 6) is -1.66. The molecule has 7 heteroatoms. The van der Waals surface area contributed by atoms with Crippen LogP contribution in [0.15, 0.2) is 24.5 Å². The monoisotopic (exact) mass is 279 g/mol. The van der Waals surface area contributed by atoms with Crippen molar-refractivity contribution in [1.29, 1.82) is 0 Å². The zero-order chi connectivity index (χ0) is 14.5. The predicted octanol–water partition coefficient (Wildman–Crippen LogP) is 0.541. The average molecular weight is 279 g/mol. The van der Waals surface area contributed by atoms with Gasteiger partial charge in [-0.05, 0) is 24.6 Å². The lowest BCUT2D eigenvalue weighted by Gasteiger charge is -2.19. The van der Waals surface area contributed by atoms with Gasteiger partial charge in [-0.2, -0.15) is 0 Å². The van der Waals surface area contributed by atoms with Crippen molar-refractivity contribution in [2.24, 2.45) is 5.92 Å². The Morgan fingerprint density at radius 2 is 2.10 bits per heavy atom. The van der Waals surface area contributed by atoms with E-state index in [1.807, 2.05) is 19.1 Å². The normalized spacial score (nSPS) is 23.1. The number of nitrogens with zero attached hydrogens (tertiary/aromatic N) is 1. The van der Waals surface area contributed by atoms with Crippen LogP contribution < -0.4 is 10.6 Å². The summed E-state index contributed by atoms with van der Waals surface area (Å²) in [6, 6.07) is 2.52. The van der Waals surface area contributed by atoms with E-state index in [1.165, 1.54) is 0 Å². The van der Waals surface area contributed by atoms with Crippen LogP contribution in [0.1, 0.15) is 18.5 Å². The number of hydrogen-bond donors (Lipinski definition) is 3. The minimum Gasteiger partial charge on any atom is -0.481 e. The molecule has 7 nitrogen and oxygen atoms in total. The van der Waals surface area contributed by atoms with E-state index in [4.69, 9.17) is 9.84 Å². The van der Waals surface area contributed by atoms with Gasteiger partial charge in [-0.15, -0.1) is 0 Å². The largest absolute Gasteiger partial charge is 0.481 e. The molecular weight excluding hydrogens is 262 g/mol. The first-order chi connectivity index (χ1) is 9.58. The van der Waals surface area contributed by atoms with Crippen LogP contribution in [0.2, 0.25) is 0 Å². The number of urea groups is 1. The molecule has 1 aromatic heterocycles. The van der Waals surface area contributed by atoms with Crippen molar-refractivity contribution in [2.45, 2.75) is 19.0 Å². The molecule has 1 aliphatic rings. The first kappa shape index (κ1) is 14.3. The van der Waals surface area contributed by atoms with E-state index in [2.05, 4.69) is 15.6 Å². The Kier molecular flexibility index (Phi) is 4.52. The van der Waals surface area contributed by atoms with Crippen molar-refractivity contribution in [1.82, 2.24) is 15.6 Å². The number of aliphatic carboxylic acids is 1. The number of amides is 2. The van der Waals surface area contributed by atoms with Crippen molar-refractivity contribution in [3.8, 4) is 0 Å². The lowest BCUT2D eigenvalue weighted by molar-refractivity contribution is -0.142. The molecule has 2 heterocycles. The molecule has 0 radical (unpaired) electrons. The van der Waals surface area contributed by atoms with Crippen LogP contribution in [0.5, 0.6) is 0 Å². The second-order valence-electron chi connectivity index (χ2n) is 4.71. The summed E-state index contributed by atoms with van der Waals surface area (Å²) in [5.41, 5.74) is 0.924. The summed E-state index contributed by atoms with van der Waals surface area (Å²) in [4.78, 5) is 26.8. The van der Waals surface area contributed by atoms with Crippen LogP contribution in [0.3, 0.4) is 0 Å². The van der Waals surface area contributed by atoms with Crippen LogP contribution in [-0.4, -0.2) is 41.3 Å². The third-order valence-corrected chi connectivity index (χ3v) is 3.27. The number of aromatic nitrogens is 1. The molecule has 20 heavy (non-hydrogen) atoms. The molecule has 0 spiro atoms. The van der Waals surface area contributed by atoms with E-state index in [9.17, 15) is 9.59 Å². The topological polar surface area (TPSA) is 101 Å². The van der Waals surface area contributed by atoms with E-state index in [0.717, 1.165) is 5.56 Å². The third-order valence-electron chi connectivity index (χ3n) is 3.27. The fourth-order valence-electron chi connectivity index (χ4n) is 2.08. The number of carbonyl (C=O) groups excluding carboxylic acids is 1. The van der Waals surface area contributed by atoms with Crippen LogP contribution in [0.4, 0.5) is 4.79 Å². The minimum absolute atomic E-state index is 0.125. The number of carboxylic acid groups (broad SMARTS) is 1. The molecule has 1 fully saturated rings. The van der Waals surface area contributed by atoms with Crippen molar-refractivity contribution in [3.63, 3.8) is 0 Å². The maximum absolute atomic E-state index is 11.9. The Morgan fingerprint density at radius 1 is 1.40 bits per heavy atom. The Balaban J connectivity index is 1.88. The summed E-state index contributed by atoms with van der Waals surface area (Å²) in [5, 5.41) is 14.4. The van der Waals surface area contributed by atoms with Gasteiger partial charge in [-0.25, -0.2) is 4.79 Å². The second kappa shape index (κ2) is 6.33. The highest BCUT2D eigenvalue weighted by Gasteiger charge is 2.35. The van der Waals surface area contributed by atoms with Gasteiger partial charge in [0.05, 0.1) is 25.3 Å². The molecule has 0 aromatic carbocycles. The average Bonchev–Trinajstić information content (AvgIpc) is 2.87. The van der Waals surface area contributed by atoms with E-state index >= 15 is 0 Å². The maximum Gasteiger partial charge on any atom is 0.315 e. The molecule has 1 saturated heterocycles. The van der Waals surface area contributed by atoms with Crippen LogP contribution >= 0.6 is 0 Å². The van der Waals surface area contributed by atoms with Gasteiger partial charge in [-0.1, -0.05) is 0 Å². The van der Waals surface area contributed by atoms with Crippen molar-refractivity contribution in [3.05, 3.63) is 30.1 Å². The minimum atomic E-state index is -0.963. The molecule has 1 aromatic rings. The van der Waals surface area contributed by atoms with Gasteiger partial charge in [0.15, 0.2) is 0 Å². The van der Waals surface area contributed by atoms with Crippen molar-refractivity contribution >= 4 is 12.0 Å². The molecule has 0 aliphatic carbocycles. The molecule has 3 atom stereocenters. The van der Waals surface area contributed by atoms with Crippen LogP contribution in [-0.2, 0) is 9.53 Å². The SMILES string of the molecule is CC(NC(=O)NC1COCC1C(=O)O)c1ccncc1. The van der Waals surface area contributed by atoms with E-state index in [-0.39, 0.29) is 19.3 Å². The van der Waals surface area contributed by atoms with Gasteiger partial charge in [-0.3, -0.25) is 9.78 Å². The van der Waals surface area contributed by atoms with Gasteiger partial charge >= 0.3 is 12.0 Å². The molecular formula is C13H17N3O4. The summed E-state index contributed by atoms with van der Waals surface area (Å²) < 4.78 is 5.09. The number of rotatable bonds is 4. The lowest BCUT2D eigenvalue weighted by atomic mass is 10.0. The molecule has 0 saturated carbocycles. The highest BCUT2D eigenvalue weighted by molar-refractivity contribution is 5.77. The molecule has 1 aliphatic heterocycles. The van der Waals surface area contributed by atoms with Gasteiger partial charge in [0.2, 0.25) is 0 Å². The van der Waals surface area contributed by atoms with E-state index < -0.39 is 24.0 Å². The van der Waals surface area contributed by atoms with Crippen molar-refractivity contribution < 1.29 is 19.4 Å².